The molecule has 5 heteroatoms. The van der Waals surface area contributed by atoms with E-state index in [1.54, 1.807) is 18.5 Å². The van der Waals surface area contributed by atoms with Crippen molar-refractivity contribution in [3.8, 4) is 11.3 Å². The summed E-state index contributed by atoms with van der Waals surface area (Å²) in [5.41, 5.74) is 1.42. The molecule has 3 aromatic rings. The number of hydrogen-bond donors (Lipinski definition) is 0. The molecule has 0 fully saturated rings. The average Bonchev–Trinajstić information content (AvgIpc) is 2.42. The van der Waals surface area contributed by atoms with Crippen LogP contribution in [0.15, 0.2) is 42.7 Å². The maximum absolute atomic E-state index is 6.20. The van der Waals surface area contributed by atoms with Gasteiger partial charge < -0.3 is 0 Å². The molecule has 0 N–H and O–H groups in total. The molecule has 0 bridgehead atoms. The summed E-state index contributed by atoms with van der Waals surface area (Å²) in [4.78, 5) is 8.46. The molecule has 94 valence electrons. The number of pyridine rings is 2. The molecular formula is C14H7Cl3N2. The van der Waals surface area contributed by atoms with Crippen molar-refractivity contribution in [3.05, 3.63) is 57.9 Å². The molecule has 1 aromatic carbocycles. The van der Waals surface area contributed by atoms with Crippen LogP contribution in [0.3, 0.4) is 0 Å². The zero-order valence-electron chi connectivity index (χ0n) is 9.57. The third-order valence-electron chi connectivity index (χ3n) is 2.81. The third kappa shape index (κ3) is 2.27. The molecule has 2 nitrogen and oxygen atoms in total. The summed E-state index contributed by atoms with van der Waals surface area (Å²) < 4.78 is 0. The summed E-state index contributed by atoms with van der Waals surface area (Å²) in [6.07, 6.45) is 3.52. The maximum Gasteiger partial charge on any atom is 0.148 e. The maximum atomic E-state index is 6.20. The fraction of sp³-hybridized carbons (Fsp3) is 0. The fourth-order valence-electron chi connectivity index (χ4n) is 1.94. The van der Waals surface area contributed by atoms with Crippen molar-refractivity contribution in [2.75, 3.05) is 0 Å². The lowest BCUT2D eigenvalue weighted by Crippen LogP contribution is -1.90. The minimum absolute atomic E-state index is 0.231. The number of aromatic nitrogens is 2. The minimum Gasteiger partial charge on any atom is -0.263 e. The van der Waals surface area contributed by atoms with Gasteiger partial charge in [-0.15, -0.1) is 0 Å². The van der Waals surface area contributed by atoms with E-state index in [1.165, 1.54) is 0 Å². The number of benzene rings is 1. The molecule has 0 aliphatic carbocycles. The lowest BCUT2D eigenvalue weighted by atomic mass is 10.1. The Kier molecular flexibility index (Phi) is 3.31. The molecular weight excluding hydrogens is 303 g/mol. The normalized spacial score (nSPS) is 10.9. The Morgan fingerprint density at radius 1 is 0.895 bits per heavy atom. The second kappa shape index (κ2) is 4.97. The average molecular weight is 310 g/mol. The second-order valence-electron chi connectivity index (χ2n) is 4.00. The molecule has 0 saturated carbocycles. The first-order valence-corrected chi connectivity index (χ1v) is 6.65. The predicted octanol–water partition coefficient (Wildman–Crippen LogP) is 5.26. The molecule has 0 saturated heterocycles. The Balaban J connectivity index is 2.33. The van der Waals surface area contributed by atoms with Crippen molar-refractivity contribution in [1.82, 2.24) is 9.97 Å². The second-order valence-corrected chi connectivity index (χ2v) is 5.17. The van der Waals surface area contributed by atoms with E-state index in [4.69, 9.17) is 34.8 Å². The van der Waals surface area contributed by atoms with Gasteiger partial charge in [0.25, 0.3) is 0 Å². The molecule has 0 atom stereocenters. The fourth-order valence-corrected chi connectivity index (χ4v) is 2.54. The number of hydrogen-bond acceptors (Lipinski definition) is 2. The minimum atomic E-state index is 0.231. The van der Waals surface area contributed by atoms with Crippen LogP contribution in [0.1, 0.15) is 0 Å². The van der Waals surface area contributed by atoms with E-state index in [2.05, 4.69) is 9.97 Å². The van der Waals surface area contributed by atoms with Gasteiger partial charge in [-0.25, -0.2) is 4.98 Å². The Morgan fingerprint density at radius 2 is 1.68 bits per heavy atom. The van der Waals surface area contributed by atoms with Crippen molar-refractivity contribution < 1.29 is 0 Å². The molecule has 0 amide bonds. The Bertz CT molecular complexity index is 766. The lowest BCUT2D eigenvalue weighted by Gasteiger charge is -2.08. The molecule has 0 aliphatic rings. The van der Waals surface area contributed by atoms with E-state index >= 15 is 0 Å². The van der Waals surface area contributed by atoms with Crippen LogP contribution in [0.2, 0.25) is 15.2 Å². The standard InChI is InChI=1S/C14H7Cl3N2/c15-11-5-12(16)14(17)19-13(11)10-7-18-6-8-3-1-2-4-9(8)10/h1-7H. The highest BCUT2D eigenvalue weighted by Crippen LogP contribution is 2.35. The third-order valence-corrected chi connectivity index (χ3v) is 3.77. The van der Waals surface area contributed by atoms with E-state index in [0.717, 1.165) is 16.3 Å². The van der Waals surface area contributed by atoms with Crippen LogP contribution in [0.5, 0.6) is 0 Å². The van der Waals surface area contributed by atoms with Crippen molar-refractivity contribution in [1.29, 1.82) is 0 Å². The van der Waals surface area contributed by atoms with E-state index in [1.807, 2.05) is 24.3 Å². The van der Waals surface area contributed by atoms with E-state index < -0.39 is 0 Å². The molecule has 3 rings (SSSR count). The van der Waals surface area contributed by atoms with E-state index in [-0.39, 0.29) is 5.15 Å². The van der Waals surface area contributed by atoms with Gasteiger partial charge in [-0.2, -0.15) is 0 Å². The summed E-state index contributed by atoms with van der Waals surface area (Å²) in [5.74, 6) is 0. The van der Waals surface area contributed by atoms with Crippen LogP contribution < -0.4 is 0 Å². The van der Waals surface area contributed by atoms with Crippen LogP contribution in [0, 0.1) is 0 Å². The molecule has 0 spiro atoms. The smallest absolute Gasteiger partial charge is 0.148 e. The van der Waals surface area contributed by atoms with Crippen molar-refractivity contribution in [3.63, 3.8) is 0 Å². The van der Waals surface area contributed by atoms with Gasteiger partial charge in [0.05, 0.1) is 15.7 Å². The Hall–Kier alpha value is -1.35. The number of rotatable bonds is 1. The van der Waals surface area contributed by atoms with Crippen molar-refractivity contribution >= 4 is 45.6 Å². The van der Waals surface area contributed by atoms with Gasteiger partial charge in [0.15, 0.2) is 0 Å². The SMILES string of the molecule is Clc1cc(Cl)c(-c2cncc3ccccc23)nc1Cl. The summed E-state index contributed by atoms with van der Waals surface area (Å²) in [5, 5.41) is 3.05. The zero-order chi connectivity index (χ0) is 13.4. The molecule has 19 heavy (non-hydrogen) atoms. The van der Waals surface area contributed by atoms with Gasteiger partial charge in [0.2, 0.25) is 0 Å². The lowest BCUT2D eigenvalue weighted by molar-refractivity contribution is 1.30. The van der Waals surface area contributed by atoms with Crippen LogP contribution in [-0.2, 0) is 0 Å². The van der Waals surface area contributed by atoms with Gasteiger partial charge in [-0.1, -0.05) is 59.1 Å². The molecule has 0 radical (unpaired) electrons. The first kappa shape index (κ1) is 12.7. The first-order valence-electron chi connectivity index (χ1n) is 5.51. The summed E-state index contributed by atoms with van der Waals surface area (Å²) in [7, 11) is 0. The highest BCUT2D eigenvalue weighted by atomic mass is 35.5. The van der Waals surface area contributed by atoms with Gasteiger partial charge in [0, 0.05) is 23.3 Å². The Morgan fingerprint density at radius 3 is 2.53 bits per heavy atom. The Labute approximate surface area is 125 Å². The quantitative estimate of drug-likeness (QED) is 0.573. The topological polar surface area (TPSA) is 25.8 Å². The monoisotopic (exact) mass is 308 g/mol. The summed E-state index contributed by atoms with van der Waals surface area (Å²) >= 11 is 18.1. The van der Waals surface area contributed by atoms with Crippen LogP contribution in [0.4, 0.5) is 0 Å². The number of halogens is 3. The highest BCUT2D eigenvalue weighted by molar-refractivity contribution is 6.43. The highest BCUT2D eigenvalue weighted by Gasteiger charge is 2.12. The van der Waals surface area contributed by atoms with Crippen LogP contribution in [-0.4, -0.2) is 9.97 Å². The summed E-state index contributed by atoms with van der Waals surface area (Å²) in [6.45, 7) is 0. The molecule has 2 heterocycles. The van der Waals surface area contributed by atoms with Gasteiger partial charge in [-0.3, -0.25) is 4.98 Å². The van der Waals surface area contributed by atoms with E-state index in [0.29, 0.717) is 15.7 Å². The number of fused-ring (bicyclic) bond motifs is 1. The zero-order valence-corrected chi connectivity index (χ0v) is 11.8. The van der Waals surface area contributed by atoms with Crippen LogP contribution >= 0.6 is 34.8 Å². The van der Waals surface area contributed by atoms with Gasteiger partial charge in [0.1, 0.15) is 5.15 Å². The van der Waals surface area contributed by atoms with Crippen molar-refractivity contribution in [2.24, 2.45) is 0 Å². The van der Waals surface area contributed by atoms with Gasteiger partial charge in [-0.05, 0) is 11.5 Å². The predicted molar refractivity (Wildman–Crippen MR) is 80.0 cm³/mol. The molecule has 0 unspecified atom stereocenters. The molecule has 0 aliphatic heterocycles. The van der Waals surface area contributed by atoms with Crippen molar-refractivity contribution in [2.45, 2.75) is 0 Å². The van der Waals surface area contributed by atoms with Crippen LogP contribution in [0.25, 0.3) is 22.0 Å². The summed E-state index contributed by atoms with van der Waals surface area (Å²) in [6, 6.07) is 9.48. The molecule has 2 aromatic heterocycles. The largest absolute Gasteiger partial charge is 0.263 e. The first-order chi connectivity index (χ1) is 9.16. The van der Waals surface area contributed by atoms with Gasteiger partial charge >= 0.3 is 0 Å². The number of nitrogens with zero attached hydrogens (tertiary/aromatic N) is 2. The van der Waals surface area contributed by atoms with E-state index in [9.17, 15) is 0 Å².